The Labute approximate surface area is 144 Å². The minimum Gasteiger partial charge on any atom is -0.387 e. The molecule has 0 aliphatic carbocycles. The number of halogens is 1. The molecule has 124 valence electrons. The molecule has 3 heterocycles. The zero-order valence-electron chi connectivity index (χ0n) is 13.7. The highest BCUT2D eigenvalue weighted by atomic mass is 35.5. The summed E-state index contributed by atoms with van der Waals surface area (Å²) in [4.78, 5) is 21.1. The Kier molecular flexibility index (Phi) is 4.39. The SMILES string of the molecule is CC[C@@H](O)c1cc(C)c(-c2cc3cnc(Cl)cc3n(C)c2=O)cn1. The lowest BCUT2D eigenvalue weighted by molar-refractivity contribution is 0.169. The Balaban J connectivity index is 2.21. The van der Waals surface area contributed by atoms with Crippen LogP contribution in [-0.2, 0) is 7.05 Å². The standard InChI is InChI=1S/C18H18ClN3O2/c1-4-16(23)14-5-10(2)13(9-20-14)12-6-11-8-21-17(19)7-15(11)22(3)18(12)24/h5-9,16,23H,4H2,1-3H3/t16-/m1/s1. The van der Waals surface area contributed by atoms with Gasteiger partial charge in [-0.25, -0.2) is 4.98 Å². The smallest absolute Gasteiger partial charge is 0.258 e. The molecule has 0 bridgehead atoms. The van der Waals surface area contributed by atoms with Crippen molar-refractivity contribution in [2.75, 3.05) is 0 Å². The highest BCUT2D eigenvalue weighted by Crippen LogP contribution is 2.26. The van der Waals surface area contributed by atoms with Crippen LogP contribution >= 0.6 is 11.6 Å². The van der Waals surface area contributed by atoms with E-state index in [4.69, 9.17) is 11.6 Å². The minimum absolute atomic E-state index is 0.126. The predicted octanol–water partition coefficient (Wildman–Crippen LogP) is 3.40. The lowest BCUT2D eigenvalue weighted by atomic mass is 10.0. The predicted molar refractivity (Wildman–Crippen MR) is 95.2 cm³/mol. The number of rotatable bonds is 3. The molecule has 5 nitrogen and oxygen atoms in total. The number of hydrogen-bond donors (Lipinski definition) is 1. The van der Waals surface area contributed by atoms with Gasteiger partial charge < -0.3 is 9.67 Å². The molecule has 0 aliphatic heterocycles. The Morgan fingerprint density at radius 2 is 1.96 bits per heavy atom. The summed E-state index contributed by atoms with van der Waals surface area (Å²) in [7, 11) is 1.71. The molecule has 3 aromatic heterocycles. The molecule has 0 saturated heterocycles. The van der Waals surface area contributed by atoms with Crippen molar-refractivity contribution in [2.24, 2.45) is 7.05 Å². The summed E-state index contributed by atoms with van der Waals surface area (Å²) in [5, 5.41) is 11.1. The Hall–Kier alpha value is -2.24. The van der Waals surface area contributed by atoms with E-state index in [9.17, 15) is 9.90 Å². The molecule has 3 aromatic rings. The largest absolute Gasteiger partial charge is 0.387 e. The van der Waals surface area contributed by atoms with Gasteiger partial charge in [0.1, 0.15) is 5.15 Å². The van der Waals surface area contributed by atoms with E-state index in [1.165, 1.54) is 0 Å². The quantitative estimate of drug-likeness (QED) is 0.740. The van der Waals surface area contributed by atoms with Crippen LogP contribution in [-0.4, -0.2) is 19.6 Å². The third kappa shape index (κ3) is 2.81. The van der Waals surface area contributed by atoms with Crippen molar-refractivity contribution in [3.63, 3.8) is 0 Å². The lowest BCUT2D eigenvalue weighted by Gasteiger charge is -2.13. The molecule has 24 heavy (non-hydrogen) atoms. The molecule has 0 saturated carbocycles. The first-order chi connectivity index (χ1) is 11.4. The normalized spacial score (nSPS) is 12.5. The van der Waals surface area contributed by atoms with E-state index in [2.05, 4.69) is 9.97 Å². The van der Waals surface area contributed by atoms with Crippen molar-refractivity contribution in [1.82, 2.24) is 14.5 Å². The van der Waals surface area contributed by atoms with Gasteiger partial charge in [-0.05, 0) is 37.1 Å². The molecule has 0 spiro atoms. The molecule has 0 fully saturated rings. The first-order valence-corrected chi connectivity index (χ1v) is 8.10. The summed E-state index contributed by atoms with van der Waals surface area (Å²) < 4.78 is 1.56. The van der Waals surface area contributed by atoms with Gasteiger partial charge in [0.2, 0.25) is 0 Å². The van der Waals surface area contributed by atoms with E-state index in [-0.39, 0.29) is 5.56 Å². The van der Waals surface area contributed by atoms with Gasteiger partial charge in [0.15, 0.2) is 0 Å². The average molecular weight is 344 g/mol. The number of aliphatic hydroxyl groups is 1. The van der Waals surface area contributed by atoms with Crippen LogP contribution < -0.4 is 5.56 Å². The summed E-state index contributed by atoms with van der Waals surface area (Å²) in [5.74, 6) is 0. The maximum absolute atomic E-state index is 12.7. The molecule has 0 radical (unpaired) electrons. The second kappa shape index (κ2) is 6.34. The van der Waals surface area contributed by atoms with Gasteiger partial charge in [-0.3, -0.25) is 9.78 Å². The van der Waals surface area contributed by atoms with Crippen molar-refractivity contribution in [1.29, 1.82) is 0 Å². The third-order valence-corrected chi connectivity index (χ3v) is 4.43. The van der Waals surface area contributed by atoms with E-state index in [0.717, 1.165) is 22.0 Å². The lowest BCUT2D eigenvalue weighted by Crippen LogP contribution is -2.19. The third-order valence-electron chi connectivity index (χ3n) is 4.23. The van der Waals surface area contributed by atoms with Crippen LogP contribution in [0.1, 0.15) is 30.7 Å². The number of aromatic nitrogens is 3. The highest BCUT2D eigenvalue weighted by molar-refractivity contribution is 6.30. The fourth-order valence-electron chi connectivity index (χ4n) is 2.78. The molecular formula is C18H18ClN3O2. The van der Waals surface area contributed by atoms with E-state index in [1.54, 1.807) is 36.1 Å². The molecule has 1 atom stereocenters. The Morgan fingerprint density at radius 1 is 1.21 bits per heavy atom. The average Bonchev–Trinajstić information content (AvgIpc) is 2.58. The van der Waals surface area contributed by atoms with E-state index in [1.807, 2.05) is 19.9 Å². The molecule has 1 N–H and O–H groups in total. The zero-order chi connectivity index (χ0) is 17.4. The van der Waals surface area contributed by atoms with Crippen LogP contribution in [0, 0.1) is 6.92 Å². The molecule has 0 aromatic carbocycles. The second-order valence-electron chi connectivity index (χ2n) is 5.84. The topological polar surface area (TPSA) is 68.0 Å². The Morgan fingerprint density at radius 3 is 2.62 bits per heavy atom. The summed E-state index contributed by atoms with van der Waals surface area (Å²) in [5.41, 5.74) is 3.41. The van der Waals surface area contributed by atoms with Gasteiger partial charge in [-0.15, -0.1) is 0 Å². The van der Waals surface area contributed by atoms with Gasteiger partial charge in [0.25, 0.3) is 5.56 Å². The van der Waals surface area contributed by atoms with E-state index < -0.39 is 6.10 Å². The van der Waals surface area contributed by atoms with Gasteiger partial charge in [-0.2, -0.15) is 0 Å². The Bertz CT molecular complexity index is 982. The summed E-state index contributed by atoms with van der Waals surface area (Å²) in [6.45, 7) is 3.81. The summed E-state index contributed by atoms with van der Waals surface area (Å²) in [6, 6.07) is 5.31. The number of aliphatic hydroxyl groups excluding tert-OH is 1. The zero-order valence-corrected chi connectivity index (χ0v) is 14.5. The molecule has 0 aliphatic rings. The van der Waals surface area contributed by atoms with Gasteiger partial charge >= 0.3 is 0 Å². The van der Waals surface area contributed by atoms with Crippen LogP contribution in [0.2, 0.25) is 5.15 Å². The van der Waals surface area contributed by atoms with Gasteiger partial charge in [0.05, 0.1) is 17.3 Å². The van der Waals surface area contributed by atoms with Crippen molar-refractivity contribution in [2.45, 2.75) is 26.4 Å². The number of aryl methyl sites for hydroxylation is 2. The number of pyridine rings is 3. The van der Waals surface area contributed by atoms with Crippen LogP contribution in [0.4, 0.5) is 0 Å². The maximum atomic E-state index is 12.7. The van der Waals surface area contributed by atoms with Crippen molar-refractivity contribution >= 4 is 22.5 Å². The number of nitrogens with zero attached hydrogens (tertiary/aromatic N) is 3. The molecule has 0 amide bonds. The van der Waals surface area contributed by atoms with Crippen molar-refractivity contribution < 1.29 is 5.11 Å². The number of hydrogen-bond acceptors (Lipinski definition) is 4. The molecule has 0 unspecified atom stereocenters. The van der Waals surface area contributed by atoms with Gasteiger partial charge in [-0.1, -0.05) is 18.5 Å². The fourth-order valence-corrected chi connectivity index (χ4v) is 2.94. The summed E-state index contributed by atoms with van der Waals surface area (Å²) in [6.07, 6.45) is 3.30. The van der Waals surface area contributed by atoms with Crippen LogP contribution in [0.3, 0.4) is 0 Å². The minimum atomic E-state index is -0.594. The monoisotopic (exact) mass is 343 g/mol. The van der Waals surface area contributed by atoms with Crippen LogP contribution in [0.25, 0.3) is 22.0 Å². The van der Waals surface area contributed by atoms with Crippen LogP contribution in [0.15, 0.2) is 35.4 Å². The maximum Gasteiger partial charge on any atom is 0.258 e. The molecular weight excluding hydrogens is 326 g/mol. The molecule has 6 heteroatoms. The highest BCUT2D eigenvalue weighted by Gasteiger charge is 2.14. The van der Waals surface area contributed by atoms with Crippen LogP contribution in [0.5, 0.6) is 0 Å². The molecule has 3 rings (SSSR count). The van der Waals surface area contributed by atoms with E-state index >= 15 is 0 Å². The fraction of sp³-hybridized carbons (Fsp3) is 0.278. The first-order valence-electron chi connectivity index (χ1n) is 7.72. The van der Waals surface area contributed by atoms with E-state index in [0.29, 0.717) is 22.8 Å². The summed E-state index contributed by atoms with van der Waals surface area (Å²) >= 11 is 5.93. The second-order valence-corrected chi connectivity index (χ2v) is 6.22. The van der Waals surface area contributed by atoms with Gasteiger partial charge in [0, 0.05) is 36.0 Å². The first kappa shape index (κ1) is 16.6. The van der Waals surface area contributed by atoms with Crippen molar-refractivity contribution in [3.8, 4) is 11.1 Å². The van der Waals surface area contributed by atoms with Crippen molar-refractivity contribution in [3.05, 3.63) is 57.4 Å². The number of fused-ring (bicyclic) bond motifs is 1.